The van der Waals surface area contributed by atoms with E-state index in [0.29, 0.717) is 0 Å². The fraction of sp³-hybridized carbons (Fsp3) is 0.438. The summed E-state index contributed by atoms with van der Waals surface area (Å²) >= 11 is 0. The first-order valence-corrected chi connectivity index (χ1v) is 9.34. The Morgan fingerprint density at radius 3 is 2.25 bits per heavy atom. The van der Waals surface area contributed by atoms with Crippen LogP contribution in [0.4, 0.5) is 0 Å². The van der Waals surface area contributed by atoms with Crippen molar-refractivity contribution in [3.05, 3.63) is 48.1 Å². The normalized spacial score (nSPS) is 16.7. The van der Waals surface area contributed by atoms with E-state index in [-0.39, 0.29) is 46.5 Å². The molecule has 0 spiro atoms. The Labute approximate surface area is 152 Å². The zero-order valence-corrected chi connectivity index (χ0v) is 16.3. The molecule has 1 aromatic rings. The van der Waals surface area contributed by atoms with E-state index in [4.69, 9.17) is 0 Å². The van der Waals surface area contributed by atoms with Gasteiger partial charge in [-0.15, -0.1) is 6.42 Å². The second-order valence-electron chi connectivity index (χ2n) is 5.17. The number of hydrogen-bond donors (Lipinski definition) is 0. The number of halogens is 2. The molecule has 0 amide bonds. The molecule has 3 rings (SSSR count). The molecule has 0 aromatic heterocycles. The van der Waals surface area contributed by atoms with Crippen molar-refractivity contribution in [2.24, 2.45) is 0 Å². The number of allylic oxidation sites excluding steroid dienone is 4. The number of hydrogen-bond acceptors (Lipinski definition) is 0. The Balaban J connectivity index is 0. The van der Waals surface area contributed by atoms with Gasteiger partial charge in [0, 0.05) is 8.07 Å². The molecule has 0 N–H and O–H groups in total. The van der Waals surface area contributed by atoms with Gasteiger partial charge in [0.05, 0.1) is 0 Å². The predicted octanol–water partition coefficient (Wildman–Crippen LogP) is -1.90. The van der Waals surface area contributed by atoms with Gasteiger partial charge in [-0.3, -0.25) is 6.08 Å². The molecule has 0 unspecified atom stereocenters. The van der Waals surface area contributed by atoms with Gasteiger partial charge in [0.1, 0.15) is 0 Å². The van der Waals surface area contributed by atoms with Crippen LogP contribution < -0.4 is 30.0 Å². The average molecular weight is 361 g/mol. The van der Waals surface area contributed by atoms with Gasteiger partial charge in [0.25, 0.3) is 0 Å². The molecule has 1 aliphatic heterocycles. The summed E-state index contributed by atoms with van der Waals surface area (Å²) in [5.74, 6) is 0. The average Bonchev–Trinajstić information content (AvgIpc) is 2.91. The van der Waals surface area contributed by atoms with Crippen LogP contribution in [0.5, 0.6) is 0 Å². The monoisotopic (exact) mass is 360 g/mol. The molecule has 108 valence electrons. The summed E-state index contributed by atoms with van der Waals surface area (Å²) in [6.45, 7) is 4.59. The zero-order valence-electron chi connectivity index (χ0n) is 12.3. The molecule has 0 nitrogen and oxygen atoms in total. The van der Waals surface area contributed by atoms with Crippen molar-refractivity contribution in [1.82, 2.24) is 0 Å². The van der Waals surface area contributed by atoms with Gasteiger partial charge in [0.15, 0.2) is 0 Å². The van der Waals surface area contributed by atoms with E-state index >= 15 is 0 Å². The van der Waals surface area contributed by atoms with Crippen molar-refractivity contribution in [2.75, 3.05) is 0 Å². The van der Waals surface area contributed by atoms with E-state index in [0.717, 1.165) is 6.42 Å². The number of rotatable bonds is 2. The minimum absolute atomic E-state index is 0. The smallest absolute Gasteiger partial charge is 1.00 e. The summed E-state index contributed by atoms with van der Waals surface area (Å²) in [4.78, 5) is 0. The van der Waals surface area contributed by atoms with Crippen molar-refractivity contribution < 1.29 is 46.5 Å². The minimum Gasteiger partial charge on any atom is -1.00 e. The van der Waals surface area contributed by atoms with Gasteiger partial charge in [-0.25, -0.2) is 23.8 Å². The Bertz CT molecular complexity index is 404. The SMILES string of the molecule is CC[Si]1([c-]2ccc(C)c2)CCC1.[C-]1=CC=CC1.[Cl-].[Cl-].[Ti+4]. The van der Waals surface area contributed by atoms with Gasteiger partial charge in [-0.2, -0.15) is 23.4 Å². The van der Waals surface area contributed by atoms with Gasteiger partial charge in [0.2, 0.25) is 0 Å². The summed E-state index contributed by atoms with van der Waals surface area (Å²) in [6.07, 6.45) is 11.5. The molecule has 0 radical (unpaired) electrons. The molecule has 0 saturated carbocycles. The Morgan fingerprint density at radius 1 is 1.30 bits per heavy atom. The molecule has 1 aromatic carbocycles. The topological polar surface area (TPSA) is 0 Å². The van der Waals surface area contributed by atoms with Gasteiger partial charge < -0.3 is 24.8 Å². The zero-order chi connectivity index (χ0) is 12.1. The number of aryl methyl sites for hydroxylation is 1. The van der Waals surface area contributed by atoms with Crippen molar-refractivity contribution in [3.63, 3.8) is 0 Å². The summed E-state index contributed by atoms with van der Waals surface area (Å²) in [7, 11) is -0.872. The Morgan fingerprint density at radius 2 is 2.00 bits per heavy atom. The first-order chi connectivity index (χ1) is 8.27. The van der Waals surface area contributed by atoms with E-state index in [1.54, 1.807) is 17.3 Å². The van der Waals surface area contributed by atoms with Gasteiger partial charge in [-0.05, 0) is 0 Å². The molecule has 0 bridgehead atoms. The van der Waals surface area contributed by atoms with Crippen molar-refractivity contribution in [3.8, 4) is 0 Å². The van der Waals surface area contributed by atoms with Crippen molar-refractivity contribution in [2.45, 2.75) is 44.8 Å². The van der Waals surface area contributed by atoms with Crippen LogP contribution in [0.2, 0.25) is 18.1 Å². The molecular weight excluding hydrogens is 339 g/mol. The van der Waals surface area contributed by atoms with E-state index in [9.17, 15) is 0 Å². The predicted molar refractivity (Wildman–Crippen MR) is 78.4 cm³/mol. The quantitative estimate of drug-likeness (QED) is 0.427. The minimum atomic E-state index is -0.872. The molecule has 1 aliphatic carbocycles. The third kappa shape index (κ3) is 5.62. The maximum Gasteiger partial charge on any atom is 4.00 e. The molecule has 20 heavy (non-hydrogen) atoms. The van der Waals surface area contributed by atoms with Crippen molar-refractivity contribution >= 4 is 13.3 Å². The first-order valence-electron chi connectivity index (χ1n) is 6.72. The molecule has 4 heteroatoms. The third-order valence-electron chi connectivity index (χ3n) is 4.09. The Hall–Kier alpha value is 0.341. The molecule has 1 saturated heterocycles. The van der Waals surface area contributed by atoms with E-state index < -0.39 is 8.07 Å². The maximum absolute atomic E-state index is 2.99. The second-order valence-corrected chi connectivity index (χ2v) is 10.0. The van der Waals surface area contributed by atoms with Crippen LogP contribution in [0.1, 0.15) is 25.3 Å². The van der Waals surface area contributed by atoms with Crippen LogP contribution in [0.15, 0.2) is 36.4 Å². The largest absolute Gasteiger partial charge is 4.00 e. The maximum atomic E-state index is 2.99. The summed E-state index contributed by atoms with van der Waals surface area (Å²) in [6, 6.07) is 11.6. The van der Waals surface area contributed by atoms with Crippen LogP contribution in [0.3, 0.4) is 0 Å². The molecule has 2 aliphatic rings. The molecule has 0 atom stereocenters. The summed E-state index contributed by atoms with van der Waals surface area (Å²) < 4.78 is 0. The molecule has 1 fully saturated rings. The standard InChI is InChI=1S/C11H17Si.C5H5.2ClH.Ti/c1-3-12(7-4-8-12)11-6-5-10(2)9-11;1-2-4-5-3-1;;;/h5-6,9H,3-4,7-8H2,1-2H3;1-3H,4H2;2*1H;/q2*-1;;;+4/p-2. The van der Waals surface area contributed by atoms with Crippen LogP contribution in [-0.4, -0.2) is 8.07 Å². The van der Waals surface area contributed by atoms with Crippen LogP contribution in [0, 0.1) is 13.0 Å². The Kier molecular flexibility index (Phi) is 12.4. The van der Waals surface area contributed by atoms with Crippen LogP contribution in [0.25, 0.3) is 0 Å². The fourth-order valence-corrected chi connectivity index (χ4v) is 6.55. The van der Waals surface area contributed by atoms with Gasteiger partial charge in [-0.1, -0.05) is 38.4 Å². The van der Waals surface area contributed by atoms with Crippen LogP contribution >= 0.6 is 0 Å². The fourth-order valence-electron chi connectivity index (χ4n) is 2.68. The van der Waals surface area contributed by atoms with Crippen LogP contribution in [-0.2, 0) is 21.7 Å². The first kappa shape index (κ1) is 22.6. The molecular formula is C16H22Cl2SiTi. The second kappa shape index (κ2) is 11.0. The summed E-state index contributed by atoms with van der Waals surface area (Å²) in [5.41, 5.74) is 1.46. The van der Waals surface area contributed by atoms with Gasteiger partial charge >= 0.3 is 21.7 Å². The molecule has 1 heterocycles. The van der Waals surface area contributed by atoms with Crippen molar-refractivity contribution in [1.29, 1.82) is 0 Å². The van der Waals surface area contributed by atoms with E-state index in [1.165, 1.54) is 18.0 Å². The third-order valence-corrected chi connectivity index (χ3v) is 9.61. The van der Waals surface area contributed by atoms with E-state index in [2.05, 4.69) is 44.2 Å². The summed E-state index contributed by atoms with van der Waals surface area (Å²) in [5, 5.41) is 1.73. The van der Waals surface area contributed by atoms with E-state index in [1.807, 2.05) is 12.2 Å².